The van der Waals surface area contributed by atoms with Gasteiger partial charge in [-0.25, -0.2) is 0 Å². The first-order valence-corrected chi connectivity index (χ1v) is 9.88. The first-order chi connectivity index (χ1) is 13.1. The molecule has 27 heavy (non-hydrogen) atoms. The predicted molar refractivity (Wildman–Crippen MR) is 109 cm³/mol. The average molecular weight is 367 g/mol. The summed E-state index contributed by atoms with van der Waals surface area (Å²) in [6, 6.07) is 16.5. The molecule has 3 nitrogen and oxygen atoms in total. The van der Waals surface area contributed by atoms with Crippen LogP contribution in [0.1, 0.15) is 72.2 Å². The number of ketones is 2. The molecule has 0 heterocycles. The summed E-state index contributed by atoms with van der Waals surface area (Å²) < 4.78 is 5.75. The van der Waals surface area contributed by atoms with Crippen LogP contribution in [0.5, 0.6) is 0 Å². The van der Waals surface area contributed by atoms with Crippen molar-refractivity contribution >= 4 is 11.6 Å². The topological polar surface area (TPSA) is 43.4 Å². The van der Waals surface area contributed by atoms with Crippen LogP contribution in [0.3, 0.4) is 0 Å². The highest BCUT2D eigenvalue weighted by atomic mass is 16.5. The van der Waals surface area contributed by atoms with E-state index < -0.39 is 5.60 Å². The van der Waals surface area contributed by atoms with Crippen molar-refractivity contribution in [2.24, 2.45) is 0 Å². The van der Waals surface area contributed by atoms with E-state index in [1.807, 2.05) is 43.3 Å². The van der Waals surface area contributed by atoms with Crippen molar-refractivity contribution in [3.63, 3.8) is 0 Å². The summed E-state index contributed by atoms with van der Waals surface area (Å²) in [5, 5.41) is 0. The highest BCUT2D eigenvalue weighted by Gasteiger charge is 2.46. The molecule has 1 unspecified atom stereocenters. The van der Waals surface area contributed by atoms with Gasteiger partial charge < -0.3 is 4.74 Å². The zero-order valence-electron chi connectivity index (χ0n) is 16.7. The molecule has 0 fully saturated rings. The van der Waals surface area contributed by atoms with Crippen LogP contribution in [0.4, 0.5) is 0 Å². The second-order valence-electron chi connectivity index (χ2n) is 6.88. The maximum Gasteiger partial charge on any atom is 0.202 e. The summed E-state index contributed by atoms with van der Waals surface area (Å²) in [5.74, 6) is -0.481. The Bertz CT molecular complexity index is 751. The van der Waals surface area contributed by atoms with Crippen LogP contribution in [0.2, 0.25) is 0 Å². The maximum absolute atomic E-state index is 13.6. The van der Waals surface area contributed by atoms with Gasteiger partial charge in [0.15, 0.2) is 5.60 Å². The van der Waals surface area contributed by atoms with Crippen molar-refractivity contribution in [3.8, 4) is 0 Å². The van der Waals surface area contributed by atoms with Crippen LogP contribution in [0.15, 0.2) is 54.6 Å². The molecule has 0 radical (unpaired) electrons. The molecule has 2 rings (SSSR count). The van der Waals surface area contributed by atoms with Crippen LogP contribution in [-0.2, 0) is 11.2 Å². The number of aryl methyl sites for hydroxylation is 1. The molecule has 2 aromatic rings. The number of Topliss-reactive ketones (excluding diaryl/α,β-unsaturated/α-hetero) is 2. The van der Waals surface area contributed by atoms with Gasteiger partial charge in [0, 0.05) is 18.2 Å². The van der Waals surface area contributed by atoms with Gasteiger partial charge in [0.1, 0.15) is 0 Å². The highest BCUT2D eigenvalue weighted by molar-refractivity contribution is 6.23. The van der Waals surface area contributed by atoms with E-state index in [1.165, 1.54) is 7.11 Å². The smallest absolute Gasteiger partial charge is 0.202 e. The fourth-order valence-electron chi connectivity index (χ4n) is 3.51. The Kier molecular flexibility index (Phi) is 7.93. The molecule has 2 aromatic carbocycles. The van der Waals surface area contributed by atoms with Crippen LogP contribution < -0.4 is 0 Å². The standard InChI is InChI=1S/C24H30O3/c1-4-6-7-13-18-24(27-3,22(25)20-15-9-8-10-16-20)23(26)21-17-12-11-14-19(21)5-2/h8-12,14-17H,4-7,13,18H2,1-3H3. The molecule has 0 aromatic heterocycles. The third-order valence-electron chi connectivity index (χ3n) is 5.14. The van der Waals surface area contributed by atoms with Gasteiger partial charge in [-0.1, -0.05) is 87.7 Å². The Balaban J connectivity index is 2.47. The zero-order chi connectivity index (χ0) is 19.7. The van der Waals surface area contributed by atoms with Gasteiger partial charge in [-0.05, 0) is 24.8 Å². The second kappa shape index (κ2) is 10.2. The molecule has 0 saturated carbocycles. The lowest BCUT2D eigenvalue weighted by Gasteiger charge is -2.30. The fourth-order valence-corrected chi connectivity index (χ4v) is 3.51. The number of hydrogen-bond donors (Lipinski definition) is 0. The van der Waals surface area contributed by atoms with Gasteiger partial charge >= 0.3 is 0 Å². The third kappa shape index (κ3) is 4.72. The van der Waals surface area contributed by atoms with E-state index >= 15 is 0 Å². The number of benzene rings is 2. The summed E-state index contributed by atoms with van der Waals surface area (Å²) in [6.07, 6.45) is 5.07. The molecule has 3 heteroatoms. The van der Waals surface area contributed by atoms with Crippen LogP contribution in [0.25, 0.3) is 0 Å². The summed E-state index contributed by atoms with van der Waals surface area (Å²) >= 11 is 0. The third-order valence-corrected chi connectivity index (χ3v) is 5.14. The number of hydrogen-bond acceptors (Lipinski definition) is 3. The molecule has 0 aliphatic carbocycles. The fraction of sp³-hybridized carbons (Fsp3) is 0.417. The van der Waals surface area contributed by atoms with Crippen molar-refractivity contribution < 1.29 is 14.3 Å². The molecular formula is C24H30O3. The number of ether oxygens (including phenoxy) is 1. The normalized spacial score (nSPS) is 13.1. The van der Waals surface area contributed by atoms with Crippen molar-refractivity contribution in [2.75, 3.05) is 7.11 Å². The van der Waals surface area contributed by atoms with Crippen LogP contribution in [-0.4, -0.2) is 24.3 Å². The Morgan fingerprint density at radius 3 is 2.15 bits per heavy atom. The van der Waals surface area contributed by atoms with E-state index in [1.54, 1.807) is 18.2 Å². The summed E-state index contributed by atoms with van der Waals surface area (Å²) in [4.78, 5) is 27.0. The lowest BCUT2D eigenvalue weighted by molar-refractivity contribution is 0.00360. The molecule has 0 saturated heterocycles. The zero-order valence-corrected chi connectivity index (χ0v) is 16.7. The van der Waals surface area contributed by atoms with Crippen LogP contribution >= 0.6 is 0 Å². The second-order valence-corrected chi connectivity index (χ2v) is 6.88. The van der Waals surface area contributed by atoms with E-state index in [9.17, 15) is 9.59 Å². The Hall–Kier alpha value is -2.26. The van der Waals surface area contributed by atoms with Crippen molar-refractivity contribution in [3.05, 3.63) is 71.3 Å². The number of rotatable bonds is 11. The molecule has 1 atom stereocenters. The lowest BCUT2D eigenvalue weighted by atomic mass is 9.80. The SMILES string of the molecule is CCCCCCC(OC)(C(=O)c1ccccc1)C(=O)c1ccccc1CC. The molecule has 0 bridgehead atoms. The largest absolute Gasteiger partial charge is 0.362 e. The first-order valence-electron chi connectivity index (χ1n) is 9.88. The summed E-state index contributed by atoms with van der Waals surface area (Å²) in [6.45, 7) is 4.15. The molecule has 144 valence electrons. The van der Waals surface area contributed by atoms with Gasteiger partial charge in [0.05, 0.1) is 0 Å². The molecule has 0 spiro atoms. The van der Waals surface area contributed by atoms with Gasteiger partial charge in [-0.15, -0.1) is 0 Å². The average Bonchev–Trinajstić information content (AvgIpc) is 2.74. The monoisotopic (exact) mass is 366 g/mol. The van der Waals surface area contributed by atoms with Crippen molar-refractivity contribution in [1.82, 2.24) is 0 Å². The van der Waals surface area contributed by atoms with E-state index in [4.69, 9.17) is 4.74 Å². The highest BCUT2D eigenvalue weighted by Crippen LogP contribution is 2.30. The lowest BCUT2D eigenvalue weighted by Crippen LogP contribution is -2.49. The number of methoxy groups -OCH3 is 1. The minimum atomic E-state index is -1.47. The van der Waals surface area contributed by atoms with E-state index in [-0.39, 0.29) is 11.6 Å². The quantitative estimate of drug-likeness (QED) is 0.292. The summed E-state index contributed by atoms with van der Waals surface area (Å²) in [5.41, 5.74) is 0.567. The minimum absolute atomic E-state index is 0.229. The Morgan fingerprint density at radius 2 is 1.52 bits per heavy atom. The molecular weight excluding hydrogens is 336 g/mol. The van der Waals surface area contributed by atoms with Crippen molar-refractivity contribution in [2.45, 2.75) is 58.0 Å². The minimum Gasteiger partial charge on any atom is -0.362 e. The van der Waals surface area contributed by atoms with Gasteiger partial charge in [0.25, 0.3) is 0 Å². The van der Waals surface area contributed by atoms with E-state index in [0.717, 1.165) is 37.7 Å². The van der Waals surface area contributed by atoms with E-state index in [2.05, 4.69) is 6.92 Å². The summed E-state index contributed by atoms with van der Waals surface area (Å²) in [7, 11) is 1.48. The van der Waals surface area contributed by atoms with E-state index in [0.29, 0.717) is 17.5 Å². The molecule has 0 aliphatic rings. The Morgan fingerprint density at radius 1 is 0.852 bits per heavy atom. The predicted octanol–water partition coefficient (Wildman–Crippen LogP) is 5.67. The van der Waals surface area contributed by atoms with Crippen molar-refractivity contribution in [1.29, 1.82) is 0 Å². The number of carbonyl (C=O) groups excluding carboxylic acids is 2. The molecule has 0 N–H and O–H groups in total. The van der Waals surface area contributed by atoms with Crippen LogP contribution in [0, 0.1) is 0 Å². The Labute approximate surface area is 162 Å². The van der Waals surface area contributed by atoms with Gasteiger partial charge in [-0.2, -0.15) is 0 Å². The maximum atomic E-state index is 13.6. The first kappa shape index (κ1) is 21.0. The molecule has 0 aliphatic heterocycles. The van der Waals surface area contributed by atoms with Gasteiger partial charge in [-0.3, -0.25) is 9.59 Å². The molecule has 0 amide bonds. The number of unbranched alkanes of at least 4 members (excludes halogenated alkanes) is 3. The number of carbonyl (C=O) groups is 2. The van der Waals surface area contributed by atoms with Gasteiger partial charge in [0.2, 0.25) is 11.6 Å².